The fraction of sp³-hybridized carbons (Fsp3) is 0.120. The Balaban J connectivity index is 1.60. The Morgan fingerprint density at radius 3 is 2.45 bits per heavy atom. The molecular formula is C25H22N2O4. The molecule has 0 bridgehead atoms. The van der Waals surface area contributed by atoms with Crippen molar-refractivity contribution in [3.8, 4) is 5.75 Å². The van der Waals surface area contributed by atoms with Crippen LogP contribution in [-0.2, 0) is 11.2 Å². The summed E-state index contributed by atoms with van der Waals surface area (Å²) in [4.78, 5) is 25.7. The molecule has 31 heavy (non-hydrogen) atoms. The van der Waals surface area contributed by atoms with Gasteiger partial charge in [-0.05, 0) is 48.9 Å². The van der Waals surface area contributed by atoms with Gasteiger partial charge in [0.2, 0.25) is 11.7 Å². The van der Waals surface area contributed by atoms with Crippen molar-refractivity contribution in [1.82, 2.24) is 0 Å². The molecule has 0 radical (unpaired) electrons. The number of carbonyl (C=O) groups is 2. The van der Waals surface area contributed by atoms with Crippen LogP contribution in [0.2, 0.25) is 0 Å². The number of para-hydroxylation sites is 1. The fourth-order valence-corrected chi connectivity index (χ4v) is 3.38. The third-order valence-electron chi connectivity index (χ3n) is 4.86. The zero-order chi connectivity index (χ0) is 21.8. The van der Waals surface area contributed by atoms with Gasteiger partial charge in [0, 0.05) is 11.1 Å². The molecule has 6 nitrogen and oxygen atoms in total. The Morgan fingerprint density at radius 1 is 0.935 bits per heavy atom. The summed E-state index contributed by atoms with van der Waals surface area (Å²) in [5.41, 5.74) is 3.45. The van der Waals surface area contributed by atoms with E-state index in [2.05, 4.69) is 10.6 Å². The molecule has 156 valence electrons. The molecule has 0 spiro atoms. The molecule has 2 N–H and O–H groups in total. The Labute approximate surface area is 179 Å². The van der Waals surface area contributed by atoms with Gasteiger partial charge < -0.3 is 19.8 Å². The number of aryl methyl sites for hydroxylation is 1. The lowest BCUT2D eigenvalue weighted by atomic mass is 10.1. The van der Waals surface area contributed by atoms with E-state index in [9.17, 15) is 9.59 Å². The summed E-state index contributed by atoms with van der Waals surface area (Å²) in [6.45, 7) is 1.98. The first-order valence-electron chi connectivity index (χ1n) is 9.86. The highest BCUT2D eigenvalue weighted by Crippen LogP contribution is 2.32. The first-order valence-corrected chi connectivity index (χ1v) is 9.86. The van der Waals surface area contributed by atoms with Gasteiger partial charge in [-0.25, -0.2) is 0 Å². The van der Waals surface area contributed by atoms with Gasteiger partial charge in [-0.3, -0.25) is 9.59 Å². The average molecular weight is 414 g/mol. The van der Waals surface area contributed by atoms with Crippen LogP contribution in [0.15, 0.2) is 77.2 Å². The van der Waals surface area contributed by atoms with E-state index in [1.54, 1.807) is 37.4 Å². The zero-order valence-corrected chi connectivity index (χ0v) is 17.3. The molecule has 0 aliphatic heterocycles. The Bertz CT molecular complexity index is 1240. The van der Waals surface area contributed by atoms with Gasteiger partial charge in [0.25, 0.3) is 5.91 Å². The van der Waals surface area contributed by atoms with Crippen molar-refractivity contribution in [3.05, 3.63) is 89.7 Å². The predicted molar refractivity (Wildman–Crippen MR) is 121 cm³/mol. The minimum Gasteiger partial charge on any atom is -0.497 e. The number of ether oxygens (including phenoxy) is 1. The third kappa shape index (κ3) is 4.59. The van der Waals surface area contributed by atoms with E-state index >= 15 is 0 Å². The maximum absolute atomic E-state index is 13.0. The molecule has 1 heterocycles. The molecule has 0 saturated heterocycles. The predicted octanol–water partition coefficient (Wildman–Crippen LogP) is 5.18. The van der Waals surface area contributed by atoms with E-state index in [1.165, 1.54) is 0 Å². The van der Waals surface area contributed by atoms with Crippen LogP contribution in [0.4, 0.5) is 11.4 Å². The lowest BCUT2D eigenvalue weighted by Crippen LogP contribution is -2.18. The van der Waals surface area contributed by atoms with Crippen molar-refractivity contribution in [1.29, 1.82) is 0 Å². The maximum atomic E-state index is 13.0. The number of methoxy groups -OCH3 is 1. The maximum Gasteiger partial charge on any atom is 0.293 e. The van der Waals surface area contributed by atoms with Crippen molar-refractivity contribution in [3.63, 3.8) is 0 Å². The molecule has 0 unspecified atom stereocenters. The van der Waals surface area contributed by atoms with E-state index in [4.69, 9.17) is 9.15 Å². The van der Waals surface area contributed by atoms with E-state index in [0.29, 0.717) is 28.1 Å². The third-order valence-corrected chi connectivity index (χ3v) is 4.86. The highest BCUT2D eigenvalue weighted by Gasteiger charge is 2.22. The van der Waals surface area contributed by atoms with Gasteiger partial charge >= 0.3 is 0 Å². The fourth-order valence-electron chi connectivity index (χ4n) is 3.38. The largest absolute Gasteiger partial charge is 0.497 e. The molecule has 4 aromatic rings. The van der Waals surface area contributed by atoms with E-state index in [0.717, 1.165) is 11.1 Å². The van der Waals surface area contributed by atoms with Crippen LogP contribution >= 0.6 is 0 Å². The van der Waals surface area contributed by atoms with Gasteiger partial charge in [-0.1, -0.05) is 42.0 Å². The molecule has 0 fully saturated rings. The van der Waals surface area contributed by atoms with Crippen LogP contribution in [-0.4, -0.2) is 18.9 Å². The summed E-state index contributed by atoms with van der Waals surface area (Å²) in [7, 11) is 1.58. The van der Waals surface area contributed by atoms with Crippen molar-refractivity contribution in [2.75, 3.05) is 17.7 Å². The number of anilines is 2. The number of fused-ring (bicyclic) bond motifs is 1. The summed E-state index contributed by atoms with van der Waals surface area (Å²) in [6.07, 6.45) is 0.195. The van der Waals surface area contributed by atoms with Crippen molar-refractivity contribution in [2.24, 2.45) is 0 Å². The first kappa shape index (κ1) is 20.2. The second-order valence-electron chi connectivity index (χ2n) is 7.20. The number of amides is 2. The number of hydrogen-bond acceptors (Lipinski definition) is 4. The minimum atomic E-state index is -0.452. The van der Waals surface area contributed by atoms with Gasteiger partial charge in [0.05, 0.1) is 13.5 Å². The van der Waals surface area contributed by atoms with E-state index < -0.39 is 5.91 Å². The summed E-state index contributed by atoms with van der Waals surface area (Å²) < 4.78 is 10.9. The molecule has 4 rings (SSSR count). The van der Waals surface area contributed by atoms with Crippen LogP contribution in [0.5, 0.6) is 5.75 Å². The standard InChI is InChI=1S/C25H22N2O4/c1-16-6-5-7-17(14-16)15-22(28)27-23-20-8-3-4-9-21(20)31-24(23)25(29)26-18-10-12-19(30-2)13-11-18/h3-14H,15H2,1-2H3,(H,26,29)(H,27,28). The average Bonchev–Trinajstić information content (AvgIpc) is 3.13. The lowest BCUT2D eigenvalue weighted by molar-refractivity contribution is -0.115. The van der Waals surface area contributed by atoms with Gasteiger partial charge in [0.1, 0.15) is 17.0 Å². The molecule has 0 saturated carbocycles. The molecular weight excluding hydrogens is 392 g/mol. The quantitative estimate of drug-likeness (QED) is 0.455. The number of nitrogens with one attached hydrogen (secondary N) is 2. The van der Waals surface area contributed by atoms with Gasteiger partial charge in [-0.2, -0.15) is 0 Å². The van der Waals surface area contributed by atoms with Crippen LogP contribution in [0.1, 0.15) is 21.7 Å². The Kier molecular flexibility index (Phi) is 5.71. The number of benzene rings is 3. The molecule has 0 aliphatic carbocycles. The Hall–Kier alpha value is -4.06. The number of furan rings is 1. The minimum absolute atomic E-state index is 0.0506. The van der Waals surface area contributed by atoms with E-state index in [-0.39, 0.29) is 18.1 Å². The number of hydrogen-bond donors (Lipinski definition) is 2. The molecule has 6 heteroatoms. The van der Waals surface area contributed by atoms with Crippen LogP contribution in [0.3, 0.4) is 0 Å². The highest BCUT2D eigenvalue weighted by molar-refractivity contribution is 6.14. The summed E-state index contributed by atoms with van der Waals surface area (Å²) in [5, 5.41) is 6.34. The number of rotatable bonds is 6. The monoisotopic (exact) mass is 414 g/mol. The smallest absolute Gasteiger partial charge is 0.293 e. The summed E-state index contributed by atoms with van der Waals surface area (Å²) >= 11 is 0. The number of carbonyl (C=O) groups excluding carboxylic acids is 2. The molecule has 2 amide bonds. The molecule has 1 aromatic heterocycles. The van der Waals surface area contributed by atoms with E-state index in [1.807, 2.05) is 49.4 Å². The second kappa shape index (κ2) is 8.75. The second-order valence-corrected chi connectivity index (χ2v) is 7.20. The van der Waals surface area contributed by atoms with Gasteiger partial charge in [0.15, 0.2) is 0 Å². The molecule has 0 atom stereocenters. The topological polar surface area (TPSA) is 80.6 Å². The van der Waals surface area contributed by atoms with Crippen molar-refractivity contribution in [2.45, 2.75) is 13.3 Å². The zero-order valence-electron chi connectivity index (χ0n) is 17.3. The van der Waals surface area contributed by atoms with Crippen LogP contribution in [0, 0.1) is 6.92 Å². The van der Waals surface area contributed by atoms with Crippen LogP contribution < -0.4 is 15.4 Å². The molecule has 3 aromatic carbocycles. The molecule has 0 aliphatic rings. The van der Waals surface area contributed by atoms with Gasteiger partial charge in [-0.15, -0.1) is 0 Å². The SMILES string of the molecule is COc1ccc(NC(=O)c2oc3ccccc3c2NC(=O)Cc2cccc(C)c2)cc1. The summed E-state index contributed by atoms with van der Waals surface area (Å²) in [6, 6.07) is 21.9. The highest BCUT2D eigenvalue weighted by atomic mass is 16.5. The van der Waals surface area contributed by atoms with Crippen molar-refractivity contribution < 1.29 is 18.7 Å². The van der Waals surface area contributed by atoms with Crippen molar-refractivity contribution >= 4 is 34.2 Å². The normalized spacial score (nSPS) is 10.6. The lowest BCUT2D eigenvalue weighted by Gasteiger charge is -2.08. The first-order chi connectivity index (χ1) is 15.0. The Morgan fingerprint density at radius 2 is 1.71 bits per heavy atom. The van der Waals surface area contributed by atoms with Crippen LogP contribution in [0.25, 0.3) is 11.0 Å². The summed E-state index contributed by atoms with van der Waals surface area (Å²) in [5.74, 6) is 0.0586.